The fraction of sp³-hybridized carbons (Fsp3) is 0.440. The van der Waals surface area contributed by atoms with Crippen LogP contribution in [0, 0.1) is 0 Å². The maximum atomic E-state index is 12.1. The maximum Gasteiger partial charge on any atom is 0.321 e. The van der Waals surface area contributed by atoms with Crippen molar-refractivity contribution in [2.45, 2.75) is 43.9 Å². The number of carbonyl (C=O) groups excluding carboxylic acids is 2. The summed E-state index contributed by atoms with van der Waals surface area (Å²) >= 11 is 17.7. The standard InChI is InChI=1S/C25H27Cl3O8/c1-2-33-17-6-3-14(4-7-17)9-16-10-15(5-8-18(16)28)23-25(36-21(31)12-27)24(35-20(30)11-26)22(32)19(13-29)34-23/h3-8,10,19,22-25,29,32H,2,9,11-13H2,1H3. The van der Waals surface area contributed by atoms with Crippen molar-refractivity contribution >= 4 is 46.7 Å². The number of rotatable bonds is 10. The second kappa shape index (κ2) is 13.5. The molecule has 3 rings (SSSR count). The van der Waals surface area contributed by atoms with E-state index >= 15 is 0 Å². The lowest BCUT2D eigenvalue weighted by atomic mass is 9.89. The number of benzene rings is 2. The van der Waals surface area contributed by atoms with Crippen LogP contribution in [0.5, 0.6) is 5.75 Å². The lowest BCUT2D eigenvalue weighted by molar-refractivity contribution is -0.247. The number of alkyl halides is 2. The zero-order valence-electron chi connectivity index (χ0n) is 19.4. The molecule has 0 aliphatic carbocycles. The molecule has 1 fully saturated rings. The van der Waals surface area contributed by atoms with Crippen LogP contribution in [0.1, 0.15) is 29.7 Å². The summed E-state index contributed by atoms with van der Waals surface area (Å²) < 4.78 is 22.2. The van der Waals surface area contributed by atoms with Crippen molar-refractivity contribution in [3.63, 3.8) is 0 Å². The van der Waals surface area contributed by atoms with E-state index in [0.717, 1.165) is 16.9 Å². The van der Waals surface area contributed by atoms with E-state index in [9.17, 15) is 19.8 Å². The highest BCUT2D eigenvalue weighted by Gasteiger charge is 2.50. The Bertz CT molecular complexity index is 1030. The number of ether oxygens (including phenoxy) is 4. The molecule has 1 aliphatic rings. The molecule has 5 unspecified atom stereocenters. The Kier molecular flexibility index (Phi) is 10.7. The minimum atomic E-state index is -1.48. The number of carbonyl (C=O) groups is 2. The van der Waals surface area contributed by atoms with E-state index in [0.29, 0.717) is 23.6 Å². The second-order valence-electron chi connectivity index (χ2n) is 8.05. The average Bonchev–Trinajstić information content (AvgIpc) is 2.88. The fourth-order valence-corrected chi connectivity index (χ4v) is 4.28. The molecule has 0 aromatic heterocycles. The van der Waals surface area contributed by atoms with Crippen LogP contribution in [0.15, 0.2) is 42.5 Å². The van der Waals surface area contributed by atoms with Gasteiger partial charge in [0.2, 0.25) is 0 Å². The van der Waals surface area contributed by atoms with Gasteiger partial charge < -0.3 is 29.2 Å². The van der Waals surface area contributed by atoms with E-state index in [1.165, 1.54) is 0 Å². The first-order valence-corrected chi connectivity index (χ1v) is 12.7. The summed E-state index contributed by atoms with van der Waals surface area (Å²) in [5.41, 5.74) is 2.26. The van der Waals surface area contributed by atoms with Crippen LogP contribution < -0.4 is 4.74 Å². The minimum absolute atomic E-state index is 0.470. The van der Waals surface area contributed by atoms with Gasteiger partial charge in [-0.05, 0) is 48.2 Å². The molecule has 0 spiro atoms. The largest absolute Gasteiger partial charge is 0.494 e. The summed E-state index contributed by atoms with van der Waals surface area (Å²) in [7, 11) is 0. The van der Waals surface area contributed by atoms with E-state index in [1.54, 1.807) is 18.2 Å². The van der Waals surface area contributed by atoms with Gasteiger partial charge in [-0.3, -0.25) is 9.59 Å². The van der Waals surface area contributed by atoms with Crippen LogP contribution in [0.25, 0.3) is 0 Å². The molecule has 0 amide bonds. The second-order valence-corrected chi connectivity index (χ2v) is 8.99. The first-order chi connectivity index (χ1) is 17.3. The Morgan fingerprint density at radius 3 is 2.22 bits per heavy atom. The SMILES string of the molecule is CCOc1ccc(Cc2cc(C3OC(CO)C(O)C(OC(=O)CCl)C3OC(=O)CCl)ccc2Cl)cc1. The number of aliphatic hydroxyl groups excluding tert-OH is 2. The van der Waals surface area contributed by atoms with Crippen molar-refractivity contribution in [2.24, 2.45) is 0 Å². The summed E-state index contributed by atoms with van der Waals surface area (Å²) in [6, 6.07) is 12.7. The van der Waals surface area contributed by atoms with Crippen molar-refractivity contribution in [2.75, 3.05) is 25.0 Å². The molecule has 8 nitrogen and oxygen atoms in total. The highest BCUT2D eigenvalue weighted by Crippen LogP contribution is 2.37. The van der Waals surface area contributed by atoms with Gasteiger partial charge in [-0.25, -0.2) is 0 Å². The number of halogens is 3. The van der Waals surface area contributed by atoms with Crippen LogP contribution in [0.2, 0.25) is 5.02 Å². The Morgan fingerprint density at radius 1 is 1.00 bits per heavy atom. The molecule has 1 aliphatic heterocycles. The Hall–Kier alpha value is -2.07. The molecular formula is C25H27Cl3O8. The maximum absolute atomic E-state index is 12.1. The van der Waals surface area contributed by atoms with E-state index in [1.807, 2.05) is 31.2 Å². The Balaban J connectivity index is 1.96. The molecule has 0 saturated carbocycles. The fourth-order valence-electron chi connectivity index (χ4n) is 3.97. The summed E-state index contributed by atoms with van der Waals surface area (Å²) in [5.74, 6) is -1.84. The third-order valence-corrected chi connectivity index (χ3v) is 6.43. The van der Waals surface area contributed by atoms with E-state index in [-0.39, 0.29) is 0 Å². The molecule has 0 bridgehead atoms. The van der Waals surface area contributed by atoms with Crippen molar-refractivity contribution in [1.29, 1.82) is 0 Å². The minimum Gasteiger partial charge on any atom is -0.494 e. The molecule has 2 aromatic carbocycles. The molecule has 2 aromatic rings. The lowest BCUT2D eigenvalue weighted by Crippen LogP contribution is -2.58. The third kappa shape index (κ3) is 7.03. The van der Waals surface area contributed by atoms with Crippen LogP contribution >= 0.6 is 34.8 Å². The molecule has 196 valence electrons. The first-order valence-electron chi connectivity index (χ1n) is 11.3. The summed E-state index contributed by atoms with van der Waals surface area (Å²) in [4.78, 5) is 24.1. The zero-order chi connectivity index (χ0) is 26.2. The molecular weight excluding hydrogens is 535 g/mol. The van der Waals surface area contributed by atoms with E-state index in [4.69, 9.17) is 53.8 Å². The van der Waals surface area contributed by atoms with Crippen LogP contribution in [0.4, 0.5) is 0 Å². The molecule has 2 N–H and O–H groups in total. The first kappa shape index (κ1) is 28.5. The van der Waals surface area contributed by atoms with Crippen molar-refractivity contribution in [3.8, 4) is 5.75 Å². The molecule has 36 heavy (non-hydrogen) atoms. The van der Waals surface area contributed by atoms with Gasteiger partial charge in [-0.15, -0.1) is 23.2 Å². The zero-order valence-corrected chi connectivity index (χ0v) is 21.7. The van der Waals surface area contributed by atoms with Gasteiger partial charge in [0.05, 0.1) is 13.2 Å². The lowest BCUT2D eigenvalue weighted by Gasteiger charge is -2.43. The van der Waals surface area contributed by atoms with Gasteiger partial charge in [0.25, 0.3) is 0 Å². The quantitative estimate of drug-likeness (QED) is 0.335. The molecule has 1 saturated heterocycles. The van der Waals surface area contributed by atoms with Gasteiger partial charge >= 0.3 is 11.9 Å². The average molecular weight is 562 g/mol. The number of hydrogen-bond acceptors (Lipinski definition) is 8. The van der Waals surface area contributed by atoms with Gasteiger partial charge in [0.1, 0.15) is 35.8 Å². The Labute approximate surface area is 224 Å². The smallest absolute Gasteiger partial charge is 0.321 e. The van der Waals surface area contributed by atoms with E-state index in [2.05, 4.69) is 0 Å². The predicted molar refractivity (Wildman–Crippen MR) is 134 cm³/mol. The highest BCUT2D eigenvalue weighted by atomic mass is 35.5. The molecule has 11 heteroatoms. The van der Waals surface area contributed by atoms with Crippen molar-refractivity contribution < 1.29 is 38.7 Å². The number of hydrogen-bond donors (Lipinski definition) is 2. The highest BCUT2D eigenvalue weighted by molar-refractivity contribution is 6.31. The molecule has 5 atom stereocenters. The molecule has 0 radical (unpaired) electrons. The van der Waals surface area contributed by atoms with Gasteiger partial charge in [-0.1, -0.05) is 35.9 Å². The Morgan fingerprint density at radius 2 is 1.64 bits per heavy atom. The monoisotopic (exact) mass is 560 g/mol. The van der Waals surface area contributed by atoms with Gasteiger partial charge in [0, 0.05) is 5.02 Å². The van der Waals surface area contributed by atoms with Crippen LogP contribution in [-0.4, -0.2) is 71.5 Å². The third-order valence-electron chi connectivity index (χ3n) is 5.62. The predicted octanol–water partition coefficient (Wildman–Crippen LogP) is 3.42. The van der Waals surface area contributed by atoms with E-state index < -0.39 is 60.8 Å². The van der Waals surface area contributed by atoms with Gasteiger partial charge in [-0.2, -0.15) is 0 Å². The normalized spacial score (nSPS) is 23.7. The topological polar surface area (TPSA) is 112 Å². The van der Waals surface area contributed by atoms with Gasteiger partial charge in [0.15, 0.2) is 12.2 Å². The summed E-state index contributed by atoms with van der Waals surface area (Å²) in [5, 5.41) is 21.0. The summed E-state index contributed by atoms with van der Waals surface area (Å²) in [6.07, 6.45) is -5.76. The number of esters is 2. The van der Waals surface area contributed by atoms with Crippen LogP contribution in [0.3, 0.4) is 0 Å². The number of aliphatic hydroxyl groups is 2. The summed E-state index contributed by atoms with van der Waals surface area (Å²) in [6.45, 7) is 1.90. The van der Waals surface area contributed by atoms with Crippen molar-refractivity contribution in [3.05, 3.63) is 64.2 Å². The molecule has 1 heterocycles. The van der Waals surface area contributed by atoms with Crippen molar-refractivity contribution in [1.82, 2.24) is 0 Å². The van der Waals surface area contributed by atoms with Crippen LogP contribution in [-0.2, 0) is 30.2 Å².